The summed E-state index contributed by atoms with van der Waals surface area (Å²) in [4.78, 5) is 20.5. The van der Waals surface area contributed by atoms with Crippen molar-refractivity contribution in [1.82, 2.24) is 9.97 Å². The summed E-state index contributed by atoms with van der Waals surface area (Å²) in [6.07, 6.45) is 5.01. The molecule has 0 saturated carbocycles. The molecule has 0 atom stereocenters. The van der Waals surface area contributed by atoms with Gasteiger partial charge in [-0.05, 0) is 47.5 Å². The van der Waals surface area contributed by atoms with Gasteiger partial charge in [0.2, 0.25) is 5.91 Å². The Hall–Kier alpha value is -2.28. The number of aromatic nitrogens is 2. The summed E-state index contributed by atoms with van der Waals surface area (Å²) in [6, 6.07) is 12.6. The highest BCUT2D eigenvalue weighted by molar-refractivity contribution is 7.99. The van der Waals surface area contributed by atoms with E-state index in [0.717, 1.165) is 11.1 Å². The number of thioether (sulfide) groups is 1. The first kappa shape index (κ1) is 20.5. The van der Waals surface area contributed by atoms with Crippen LogP contribution in [0, 0.1) is 0 Å². The molecular weight excluding hydrogens is 417 g/mol. The third-order valence-electron chi connectivity index (χ3n) is 3.68. The minimum absolute atomic E-state index is 0.164. The van der Waals surface area contributed by atoms with E-state index < -0.39 is 0 Å². The number of ether oxygens (including phenoxy) is 1. The van der Waals surface area contributed by atoms with Crippen LogP contribution in [0.2, 0.25) is 10.0 Å². The molecule has 3 rings (SSSR count). The van der Waals surface area contributed by atoms with Crippen molar-refractivity contribution in [3.05, 3.63) is 82.2 Å². The number of benzene rings is 1. The largest absolute Gasteiger partial charge is 0.485 e. The van der Waals surface area contributed by atoms with Crippen LogP contribution in [0.4, 0.5) is 5.82 Å². The van der Waals surface area contributed by atoms with E-state index in [1.807, 2.05) is 18.2 Å². The Morgan fingerprint density at radius 3 is 2.71 bits per heavy atom. The van der Waals surface area contributed by atoms with Crippen molar-refractivity contribution in [2.24, 2.45) is 0 Å². The molecule has 144 valence electrons. The minimum atomic E-state index is -0.164. The Morgan fingerprint density at radius 2 is 1.93 bits per heavy atom. The maximum Gasteiger partial charge on any atom is 0.235 e. The monoisotopic (exact) mass is 433 g/mol. The first-order valence-electron chi connectivity index (χ1n) is 8.40. The van der Waals surface area contributed by atoms with Crippen molar-refractivity contribution in [3.8, 4) is 5.75 Å². The average molecular weight is 434 g/mol. The number of anilines is 1. The smallest absolute Gasteiger partial charge is 0.235 e. The predicted molar refractivity (Wildman–Crippen MR) is 114 cm³/mol. The number of hydrogen-bond donors (Lipinski definition) is 1. The summed E-state index contributed by atoms with van der Waals surface area (Å²) in [5, 5.41) is 3.98. The molecule has 5 nitrogen and oxygen atoms in total. The van der Waals surface area contributed by atoms with Gasteiger partial charge in [0, 0.05) is 34.4 Å². The van der Waals surface area contributed by atoms with Gasteiger partial charge in [0.05, 0.1) is 5.75 Å². The molecule has 0 fully saturated rings. The zero-order valence-corrected chi connectivity index (χ0v) is 17.1. The molecule has 8 heteroatoms. The first-order valence-corrected chi connectivity index (χ1v) is 10.3. The Labute approximate surface area is 177 Å². The zero-order chi connectivity index (χ0) is 19.8. The SMILES string of the molecule is O=C(CSCc1ccc(Cl)cc1Cl)Nc1ncccc1OCc1ccncc1. The molecule has 1 aromatic carbocycles. The lowest BCUT2D eigenvalue weighted by molar-refractivity contribution is -0.113. The van der Waals surface area contributed by atoms with Gasteiger partial charge in [0.15, 0.2) is 11.6 Å². The van der Waals surface area contributed by atoms with Crippen molar-refractivity contribution in [2.75, 3.05) is 11.1 Å². The molecule has 0 radical (unpaired) electrons. The third-order valence-corrected chi connectivity index (χ3v) is 5.25. The number of carbonyl (C=O) groups excluding carboxylic acids is 1. The van der Waals surface area contributed by atoms with Crippen molar-refractivity contribution in [1.29, 1.82) is 0 Å². The maximum absolute atomic E-state index is 12.3. The van der Waals surface area contributed by atoms with E-state index in [1.165, 1.54) is 11.8 Å². The molecule has 0 unspecified atom stereocenters. The number of amides is 1. The molecule has 3 aromatic rings. The molecule has 0 aliphatic carbocycles. The molecule has 0 aliphatic rings. The zero-order valence-electron chi connectivity index (χ0n) is 14.8. The van der Waals surface area contributed by atoms with Gasteiger partial charge in [-0.2, -0.15) is 0 Å². The van der Waals surface area contributed by atoms with Crippen LogP contribution in [-0.2, 0) is 17.2 Å². The number of hydrogen-bond acceptors (Lipinski definition) is 5. The second kappa shape index (κ2) is 10.3. The standard InChI is InChI=1S/C20H17Cl2N3O2S/c21-16-4-3-15(17(22)10-16)12-28-13-19(26)25-20-18(2-1-7-24-20)27-11-14-5-8-23-9-6-14/h1-10H,11-13H2,(H,24,25,26). The van der Waals surface area contributed by atoms with Crippen LogP contribution in [0.15, 0.2) is 61.1 Å². The van der Waals surface area contributed by atoms with Crippen LogP contribution in [0.1, 0.15) is 11.1 Å². The number of nitrogens with zero attached hydrogens (tertiary/aromatic N) is 2. The quantitative estimate of drug-likeness (QED) is 0.526. The highest BCUT2D eigenvalue weighted by Crippen LogP contribution is 2.25. The third kappa shape index (κ3) is 6.12. The van der Waals surface area contributed by atoms with Crippen molar-refractivity contribution < 1.29 is 9.53 Å². The van der Waals surface area contributed by atoms with Crippen LogP contribution in [0.25, 0.3) is 0 Å². The van der Waals surface area contributed by atoms with Gasteiger partial charge in [-0.25, -0.2) is 4.98 Å². The van der Waals surface area contributed by atoms with Crippen LogP contribution in [0.5, 0.6) is 5.75 Å². The number of halogens is 2. The number of carbonyl (C=O) groups is 1. The van der Waals surface area contributed by atoms with Crippen LogP contribution >= 0.6 is 35.0 Å². The van der Waals surface area contributed by atoms with Crippen molar-refractivity contribution in [3.63, 3.8) is 0 Å². The predicted octanol–water partition coefficient (Wildman–Crippen LogP) is 5.23. The van der Waals surface area contributed by atoms with E-state index in [9.17, 15) is 4.79 Å². The Balaban J connectivity index is 1.52. The van der Waals surface area contributed by atoms with Gasteiger partial charge >= 0.3 is 0 Å². The molecule has 0 spiro atoms. The second-order valence-corrected chi connectivity index (χ2v) is 7.60. The summed E-state index contributed by atoms with van der Waals surface area (Å²) in [5.74, 6) is 1.61. The molecule has 1 amide bonds. The van der Waals surface area contributed by atoms with Gasteiger partial charge in [0.25, 0.3) is 0 Å². The Kier molecular flexibility index (Phi) is 7.54. The van der Waals surface area contributed by atoms with Crippen molar-refractivity contribution in [2.45, 2.75) is 12.4 Å². The van der Waals surface area contributed by atoms with E-state index in [-0.39, 0.29) is 11.7 Å². The molecule has 0 saturated heterocycles. The van der Waals surface area contributed by atoms with Gasteiger partial charge in [-0.15, -0.1) is 11.8 Å². The fourth-order valence-electron chi connectivity index (χ4n) is 2.30. The molecule has 28 heavy (non-hydrogen) atoms. The van der Waals surface area contributed by atoms with Gasteiger partial charge in [0.1, 0.15) is 6.61 Å². The van der Waals surface area contributed by atoms with E-state index in [4.69, 9.17) is 27.9 Å². The Morgan fingerprint density at radius 1 is 1.11 bits per heavy atom. The van der Waals surface area contributed by atoms with Crippen LogP contribution < -0.4 is 10.1 Å². The molecule has 0 aliphatic heterocycles. The van der Waals surface area contributed by atoms with E-state index in [1.54, 1.807) is 42.9 Å². The second-order valence-electron chi connectivity index (χ2n) is 5.77. The lowest BCUT2D eigenvalue weighted by atomic mass is 10.2. The molecule has 1 N–H and O–H groups in total. The summed E-state index contributed by atoms with van der Waals surface area (Å²) in [6.45, 7) is 0.362. The summed E-state index contributed by atoms with van der Waals surface area (Å²) < 4.78 is 5.78. The topological polar surface area (TPSA) is 64.1 Å². The summed E-state index contributed by atoms with van der Waals surface area (Å²) in [7, 11) is 0. The maximum atomic E-state index is 12.3. The van der Waals surface area contributed by atoms with Crippen LogP contribution in [0.3, 0.4) is 0 Å². The summed E-state index contributed by atoms with van der Waals surface area (Å²) >= 11 is 13.5. The van der Waals surface area contributed by atoms with Gasteiger partial charge in [-0.1, -0.05) is 29.3 Å². The van der Waals surface area contributed by atoms with Crippen LogP contribution in [-0.4, -0.2) is 21.6 Å². The summed E-state index contributed by atoms with van der Waals surface area (Å²) in [5.41, 5.74) is 1.91. The van der Waals surface area contributed by atoms with E-state index in [0.29, 0.717) is 34.0 Å². The number of rotatable bonds is 8. The van der Waals surface area contributed by atoms with Gasteiger partial charge < -0.3 is 10.1 Å². The van der Waals surface area contributed by atoms with Crippen molar-refractivity contribution >= 4 is 46.7 Å². The molecule has 2 heterocycles. The normalized spacial score (nSPS) is 10.5. The van der Waals surface area contributed by atoms with E-state index in [2.05, 4.69) is 15.3 Å². The lowest BCUT2D eigenvalue weighted by Crippen LogP contribution is -2.16. The average Bonchev–Trinajstić information content (AvgIpc) is 2.70. The lowest BCUT2D eigenvalue weighted by Gasteiger charge is -2.11. The fourth-order valence-corrected chi connectivity index (χ4v) is 3.69. The number of nitrogens with one attached hydrogen (secondary N) is 1. The molecule has 0 bridgehead atoms. The molecule has 2 aromatic heterocycles. The van der Waals surface area contributed by atoms with Gasteiger partial charge in [-0.3, -0.25) is 9.78 Å². The molecular formula is C20H17Cl2N3O2S. The van der Waals surface area contributed by atoms with E-state index >= 15 is 0 Å². The highest BCUT2D eigenvalue weighted by atomic mass is 35.5. The minimum Gasteiger partial charge on any atom is -0.485 e. The first-order chi connectivity index (χ1) is 13.6. The number of pyridine rings is 2. The Bertz CT molecular complexity index is 942. The highest BCUT2D eigenvalue weighted by Gasteiger charge is 2.10. The fraction of sp³-hybridized carbons (Fsp3) is 0.150.